The molecule has 0 aromatic heterocycles. The summed E-state index contributed by atoms with van der Waals surface area (Å²) in [5, 5.41) is 30.0. The minimum absolute atomic E-state index is 0. The first-order chi connectivity index (χ1) is 16.7. The molecule has 37 heavy (non-hydrogen) atoms. The normalized spacial score (nSPS) is 12.2. The van der Waals surface area contributed by atoms with Crippen LogP contribution in [0.1, 0.15) is 119 Å². The van der Waals surface area contributed by atoms with E-state index in [0.29, 0.717) is 37.0 Å². The van der Waals surface area contributed by atoms with Crippen molar-refractivity contribution in [3.05, 3.63) is 0 Å². The molecule has 0 spiro atoms. The fourth-order valence-electron chi connectivity index (χ4n) is 2.58. The van der Waals surface area contributed by atoms with Crippen LogP contribution in [0.25, 0.3) is 0 Å². The zero-order valence-corrected chi connectivity index (χ0v) is 24.3. The molecular weight excluding hydrogens is 524 g/mol. The second kappa shape index (κ2) is 27.0. The van der Waals surface area contributed by atoms with Gasteiger partial charge in [0, 0.05) is 56.4 Å². The van der Waals surface area contributed by atoms with Gasteiger partial charge in [0.25, 0.3) is 0 Å². The second-order valence-corrected chi connectivity index (χ2v) is 9.42. The van der Waals surface area contributed by atoms with Gasteiger partial charge < -0.3 is 29.7 Å². The summed E-state index contributed by atoms with van der Waals surface area (Å²) in [7, 11) is 0. The van der Waals surface area contributed by atoms with Crippen LogP contribution in [-0.2, 0) is 45.8 Å². The smallest absolute Gasteiger partial charge is 0.550 e. The van der Waals surface area contributed by atoms with Crippen molar-refractivity contribution in [1.82, 2.24) is 0 Å². The summed E-state index contributed by atoms with van der Waals surface area (Å²) in [5.74, 6) is -3.01. The molecule has 215 valence electrons. The quantitative estimate of drug-likeness (QED) is 0.175. The Morgan fingerprint density at radius 3 is 0.811 bits per heavy atom. The number of hydrogen-bond donors (Lipinski definition) is 0. The largest absolute Gasteiger partial charge is 3.00 e. The molecule has 10 heteroatoms. The van der Waals surface area contributed by atoms with E-state index in [1.54, 1.807) is 0 Å². The molecule has 0 aliphatic rings. The Balaban J connectivity index is -0.000000218. The maximum Gasteiger partial charge on any atom is 3.00 e. The van der Waals surface area contributed by atoms with Crippen molar-refractivity contribution in [2.75, 3.05) is 0 Å². The van der Waals surface area contributed by atoms with E-state index >= 15 is 0 Å². The first kappa shape index (κ1) is 42.0. The molecule has 3 unspecified atom stereocenters. The van der Waals surface area contributed by atoms with Gasteiger partial charge in [0.1, 0.15) is 17.3 Å². The molecule has 0 heterocycles. The number of hydrogen-bond acceptors (Lipinski definition) is 9. The van der Waals surface area contributed by atoms with E-state index < -0.39 is 37.2 Å². The Morgan fingerprint density at radius 1 is 0.486 bits per heavy atom. The zero-order valence-electron chi connectivity index (χ0n) is 23.2. The molecule has 0 fully saturated rings. The first-order valence-electron chi connectivity index (χ1n) is 12.8. The number of carbonyl (C=O) groups excluding carboxylic acids is 6. The van der Waals surface area contributed by atoms with Gasteiger partial charge in [-0.2, -0.15) is 0 Å². The van der Waals surface area contributed by atoms with Crippen molar-refractivity contribution in [2.45, 2.75) is 119 Å². The summed E-state index contributed by atoms with van der Waals surface area (Å²) in [6, 6.07) is 0. The third-order valence-corrected chi connectivity index (χ3v) is 5.86. The van der Waals surface area contributed by atoms with Gasteiger partial charge >= 0.3 is 17.1 Å². The van der Waals surface area contributed by atoms with E-state index in [-0.39, 0.29) is 34.4 Å². The molecule has 0 aromatic carbocycles. The van der Waals surface area contributed by atoms with E-state index in [1.165, 1.54) is 0 Å². The minimum atomic E-state index is -1.27. The SMILES string of the molecule is CCC(C)CCC(=O)CC(=O)[O-].CCC(C)CCC(=O)CC(=O)[O-].CCC(C)CCC(=O)CC(=O)[O-].[Fe+3]. The van der Waals surface area contributed by atoms with Crippen molar-refractivity contribution in [2.24, 2.45) is 17.8 Å². The number of rotatable bonds is 18. The fourth-order valence-corrected chi connectivity index (χ4v) is 2.58. The molecule has 0 saturated heterocycles. The van der Waals surface area contributed by atoms with Crippen LogP contribution >= 0.6 is 0 Å². The van der Waals surface area contributed by atoms with Crippen molar-refractivity contribution in [1.29, 1.82) is 0 Å². The Kier molecular flexibility index (Phi) is 30.7. The van der Waals surface area contributed by atoms with Crippen molar-refractivity contribution < 1.29 is 61.2 Å². The molecule has 0 saturated carbocycles. The molecule has 0 aliphatic heterocycles. The Hall–Kier alpha value is -2.06. The standard InChI is InChI=1S/3C9H16O3.Fe/c3*1-3-7(2)4-5-8(10)6-9(11)12;/h3*7H,3-6H2,1-2H3,(H,11,12);/q;;;+3/p-3. The molecular formula is C27H45FeO9. The van der Waals surface area contributed by atoms with Crippen LogP contribution in [0.4, 0.5) is 0 Å². The minimum Gasteiger partial charge on any atom is -0.550 e. The number of carboxylic acids is 3. The number of ketones is 3. The molecule has 3 atom stereocenters. The molecule has 0 aromatic rings. The molecule has 0 aliphatic carbocycles. The van der Waals surface area contributed by atoms with E-state index in [1.807, 2.05) is 41.5 Å². The molecule has 1 radical (unpaired) electrons. The number of aliphatic carboxylic acids is 3. The summed E-state index contributed by atoms with van der Waals surface area (Å²) in [4.78, 5) is 62.5. The predicted molar refractivity (Wildman–Crippen MR) is 130 cm³/mol. The first-order valence-corrected chi connectivity index (χ1v) is 12.8. The van der Waals surface area contributed by atoms with Gasteiger partial charge in [0.15, 0.2) is 0 Å². The second-order valence-electron chi connectivity index (χ2n) is 9.42. The molecule has 0 N–H and O–H groups in total. The average molecular weight is 569 g/mol. The van der Waals surface area contributed by atoms with Crippen LogP contribution in [0.5, 0.6) is 0 Å². The molecule has 9 nitrogen and oxygen atoms in total. The van der Waals surface area contributed by atoms with Crippen LogP contribution in [-0.4, -0.2) is 35.3 Å². The van der Waals surface area contributed by atoms with Crippen LogP contribution < -0.4 is 15.3 Å². The van der Waals surface area contributed by atoms with Crippen LogP contribution in [0, 0.1) is 17.8 Å². The van der Waals surface area contributed by atoms with Gasteiger partial charge in [0.2, 0.25) is 0 Å². The third kappa shape index (κ3) is 36.2. The zero-order chi connectivity index (χ0) is 28.7. The van der Waals surface area contributed by atoms with Crippen molar-refractivity contribution in [3.8, 4) is 0 Å². The van der Waals surface area contributed by atoms with Crippen LogP contribution in [0.3, 0.4) is 0 Å². The van der Waals surface area contributed by atoms with Gasteiger partial charge in [-0.1, -0.05) is 60.8 Å². The van der Waals surface area contributed by atoms with Gasteiger partial charge in [-0.3, -0.25) is 14.4 Å². The van der Waals surface area contributed by atoms with Crippen molar-refractivity contribution in [3.63, 3.8) is 0 Å². The monoisotopic (exact) mass is 569 g/mol. The van der Waals surface area contributed by atoms with E-state index in [4.69, 9.17) is 0 Å². The van der Waals surface area contributed by atoms with Gasteiger partial charge in [-0.25, -0.2) is 0 Å². The summed E-state index contributed by atoms with van der Waals surface area (Å²) in [6.45, 7) is 12.3. The van der Waals surface area contributed by atoms with Gasteiger partial charge in [0.05, 0.1) is 0 Å². The van der Waals surface area contributed by atoms with Crippen molar-refractivity contribution >= 4 is 35.3 Å². The fraction of sp³-hybridized carbons (Fsp3) is 0.778. The predicted octanol–water partition coefficient (Wildman–Crippen LogP) is 1.56. The van der Waals surface area contributed by atoms with Gasteiger partial charge in [-0.15, -0.1) is 0 Å². The maximum atomic E-state index is 10.9. The average Bonchev–Trinajstić information content (AvgIpc) is 2.78. The summed E-state index contributed by atoms with van der Waals surface area (Å²) >= 11 is 0. The summed E-state index contributed by atoms with van der Waals surface area (Å²) < 4.78 is 0. The molecule has 0 amide bonds. The number of carbonyl (C=O) groups is 6. The van der Waals surface area contributed by atoms with E-state index in [2.05, 4.69) is 0 Å². The van der Waals surface area contributed by atoms with Crippen LogP contribution in [0.2, 0.25) is 0 Å². The number of Topliss-reactive ketones (excluding diaryl/α,β-unsaturated/α-hetero) is 3. The Bertz CT molecular complexity index is 586. The molecule has 0 bridgehead atoms. The van der Waals surface area contributed by atoms with E-state index in [0.717, 1.165) is 38.5 Å². The topological polar surface area (TPSA) is 172 Å². The Labute approximate surface area is 232 Å². The summed E-state index contributed by atoms with van der Waals surface area (Å²) in [5.41, 5.74) is 0. The van der Waals surface area contributed by atoms with Gasteiger partial charge in [-0.05, 0) is 37.0 Å². The summed E-state index contributed by atoms with van der Waals surface area (Å²) in [6.07, 6.45) is 5.21. The molecule has 0 rings (SSSR count). The third-order valence-electron chi connectivity index (χ3n) is 5.86. The van der Waals surface area contributed by atoms with E-state index in [9.17, 15) is 44.1 Å². The Morgan fingerprint density at radius 2 is 0.676 bits per heavy atom. The van der Waals surface area contributed by atoms with Crippen LogP contribution in [0.15, 0.2) is 0 Å². The number of carboxylic acid groups (broad SMARTS) is 3. The maximum absolute atomic E-state index is 10.9.